The fourth-order valence-electron chi connectivity index (χ4n) is 5.38. The number of carbonyl (C=O) groups is 3. The van der Waals surface area contributed by atoms with Crippen LogP contribution in [0.15, 0.2) is 21.8 Å². The third-order valence-corrected chi connectivity index (χ3v) is 8.96. The quantitative estimate of drug-likeness (QED) is 0.161. The number of nitrogens with two attached hydrogens (primary N) is 1. The Hall–Kier alpha value is -2.68. The van der Waals surface area contributed by atoms with Gasteiger partial charge in [0.25, 0.3) is 11.8 Å². The molecule has 0 aliphatic carbocycles. The molecule has 4 N–H and O–H groups in total. The van der Waals surface area contributed by atoms with E-state index in [1.807, 2.05) is 0 Å². The van der Waals surface area contributed by atoms with E-state index in [0.717, 1.165) is 24.4 Å². The second kappa shape index (κ2) is 8.22. The van der Waals surface area contributed by atoms with Crippen LogP contribution in [-0.2, 0) is 19.2 Å². The molecule has 1 aromatic heterocycles. The Labute approximate surface area is 203 Å². The normalized spacial score (nSPS) is 32.5. The Morgan fingerprint density at radius 2 is 2.21 bits per heavy atom. The maximum Gasteiger partial charge on any atom is 0.276 e. The number of anilines is 1. The van der Waals surface area contributed by atoms with E-state index in [1.54, 1.807) is 5.38 Å². The van der Waals surface area contributed by atoms with Gasteiger partial charge in [-0.15, -0.1) is 23.1 Å². The van der Waals surface area contributed by atoms with Gasteiger partial charge in [-0.25, -0.2) is 4.98 Å². The minimum atomic E-state index is -1.41. The fraction of sp³-hybridized carbons (Fsp3) is 0.550. The van der Waals surface area contributed by atoms with Crippen molar-refractivity contribution in [2.75, 3.05) is 44.8 Å². The van der Waals surface area contributed by atoms with E-state index in [2.05, 4.69) is 15.5 Å². The van der Waals surface area contributed by atoms with Crippen molar-refractivity contribution in [1.29, 1.82) is 0 Å². The van der Waals surface area contributed by atoms with Crippen LogP contribution in [0.4, 0.5) is 5.13 Å². The third kappa shape index (κ3) is 3.74. The molecule has 12 nitrogen and oxygen atoms in total. The van der Waals surface area contributed by atoms with E-state index >= 15 is 0 Å². The molecule has 0 unspecified atom stereocenters. The molecular formula is C20H24N6O6S2. The molecule has 0 spiro atoms. The lowest BCUT2D eigenvalue weighted by Gasteiger charge is -2.51. The number of oxime groups is 1. The summed E-state index contributed by atoms with van der Waals surface area (Å²) in [5, 5.41) is 30.2. The molecule has 34 heavy (non-hydrogen) atoms. The van der Waals surface area contributed by atoms with Crippen LogP contribution in [0.2, 0.25) is 0 Å². The molecule has 0 radical (unpaired) electrons. The van der Waals surface area contributed by atoms with E-state index in [9.17, 15) is 24.6 Å². The maximum atomic E-state index is 13.0. The van der Waals surface area contributed by atoms with Gasteiger partial charge in [-0.2, -0.15) is 0 Å². The summed E-state index contributed by atoms with van der Waals surface area (Å²) >= 11 is 2.52. The van der Waals surface area contributed by atoms with Crippen LogP contribution in [0.1, 0.15) is 18.5 Å². The molecule has 1 aromatic rings. The SMILES string of the molecule is CO/N=C(\C(=O)N[C@@H]1C(=O)N2C(C(=O)[O-])=C(C[N+]34CCC(O)(CC3)C4)CS[C@H]12)c1csc(N)n1. The lowest BCUT2D eigenvalue weighted by atomic mass is 10.00. The number of carboxylic acids is 1. The molecule has 3 fully saturated rings. The van der Waals surface area contributed by atoms with Crippen LogP contribution in [0.5, 0.6) is 0 Å². The number of carbonyl (C=O) groups excluding carboxylic acids is 3. The largest absolute Gasteiger partial charge is 0.543 e. The first kappa shape index (κ1) is 23.1. The number of fused-ring (bicyclic) bond motifs is 3. The number of nitrogens with one attached hydrogen (secondary N) is 1. The van der Waals surface area contributed by atoms with Gasteiger partial charge in [-0.3, -0.25) is 14.5 Å². The second-order valence-electron chi connectivity index (χ2n) is 9.12. The van der Waals surface area contributed by atoms with E-state index in [0.29, 0.717) is 41.7 Å². The number of nitrogen functional groups attached to an aromatic ring is 1. The van der Waals surface area contributed by atoms with Crippen molar-refractivity contribution < 1.29 is 33.9 Å². The number of nitrogens with zero attached hydrogens (tertiary/aromatic N) is 4. The van der Waals surface area contributed by atoms with E-state index in [4.69, 9.17) is 10.6 Å². The summed E-state index contributed by atoms with van der Waals surface area (Å²) in [7, 11) is 1.28. The molecule has 182 valence electrons. The number of thioether (sulfide) groups is 1. The van der Waals surface area contributed by atoms with Crippen LogP contribution in [0.3, 0.4) is 0 Å². The topological polar surface area (TPSA) is 170 Å². The second-order valence-corrected chi connectivity index (χ2v) is 11.1. The first-order valence-corrected chi connectivity index (χ1v) is 12.7. The molecule has 4 aliphatic rings. The Kier molecular flexibility index (Phi) is 5.58. The smallest absolute Gasteiger partial charge is 0.276 e. The number of hydrogen-bond acceptors (Lipinski definition) is 11. The van der Waals surface area contributed by atoms with E-state index in [1.165, 1.54) is 23.8 Å². The van der Waals surface area contributed by atoms with Crippen molar-refractivity contribution in [3.05, 3.63) is 22.3 Å². The van der Waals surface area contributed by atoms with Gasteiger partial charge in [0.05, 0.1) is 24.8 Å². The summed E-state index contributed by atoms with van der Waals surface area (Å²) in [5.74, 6) is -2.23. The van der Waals surface area contributed by atoms with Gasteiger partial charge < -0.3 is 35.4 Å². The number of thiazole rings is 1. The summed E-state index contributed by atoms with van der Waals surface area (Å²) in [5.41, 5.74) is 5.56. The van der Waals surface area contributed by atoms with E-state index < -0.39 is 34.8 Å². The van der Waals surface area contributed by atoms with Crippen LogP contribution in [0, 0.1) is 0 Å². The zero-order valence-electron chi connectivity index (χ0n) is 18.4. The highest BCUT2D eigenvalue weighted by Gasteiger charge is 2.57. The Morgan fingerprint density at radius 1 is 1.47 bits per heavy atom. The average Bonchev–Trinajstić information content (AvgIpc) is 3.47. The van der Waals surface area contributed by atoms with Crippen molar-refractivity contribution in [1.82, 2.24) is 15.2 Å². The molecule has 0 aromatic carbocycles. The number of aliphatic hydroxyl groups is 1. The highest BCUT2D eigenvalue weighted by molar-refractivity contribution is 8.00. The summed E-state index contributed by atoms with van der Waals surface area (Å²) in [6, 6.07) is -0.929. The van der Waals surface area contributed by atoms with Crippen molar-refractivity contribution in [3.63, 3.8) is 0 Å². The highest BCUT2D eigenvalue weighted by Crippen LogP contribution is 2.44. The van der Waals surface area contributed by atoms with Crippen molar-refractivity contribution in [3.8, 4) is 0 Å². The molecule has 2 amide bonds. The minimum Gasteiger partial charge on any atom is -0.543 e. The fourth-order valence-corrected chi connectivity index (χ4v) is 7.26. The van der Waals surface area contributed by atoms with Gasteiger partial charge >= 0.3 is 0 Å². The van der Waals surface area contributed by atoms with Crippen LogP contribution in [0.25, 0.3) is 0 Å². The van der Waals surface area contributed by atoms with Crippen LogP contribution >= 0.6 is 23.1 Å². The lowest BCUT2D eigenvalue weighted by molar-refractivity contribution is -0.904. The number of piperidine rings is 1. The molecule has 2 atom stereocenters. The predicted octanol–water partition coefficient (Wildman–Crippen LogP) is -2.16. The Balaban J connectivity index is 1.34. The molecule has 3 saturated heterocycles. The van der Waals surface area contributed by atoms with Gasteiger partial charge in [0.2, 0.25) is 0 Å². The molecule has 5 rings (SSSR count). The maximum absolute atomic E-state index is 13.0. The van der Waals surface area contributed by atoms with Gasteiger partial charge in [0, 0.05) is 29.5 Å². The molecule has 5 heterocycles. The standard InChI is InChI=1S/C20H24N6O6S2/c1-32-24-12(11-8-34-19(21)22-11)15(27)23-13-16(28)25-14(18(29)30)10(7-33-17(13)25)6-26-4-2-20(31,9-26)3-5-26/h8,13,17,31H,2-7,9H2,1H3,(H3-,21,22,23,27,29,30)/b24-12-/t13-,17-,20?,26?/m1/s1. The summed E-state index contributed by atoms with van der Waals surface area (Å²) in [6.45, 7) is 2.62. The molecule has 14 heteroatoms. The van der Waals surface area contributed by atoms with Gasteiger partial charge in [-0.05, 0) is 0 Å². The minimum absolute atomic E-state index is 0.118. The van der Waals surface area contributed by atoms with Crippen molar-refractivity contribution in [2.45, 2.75) is 29.9 Å². The summed E-state index contributed by atoms with van der Waals surface area (Å²) in [6.07, 6.45) is 1.40. The number of carboxylic acid groups (broad SMARTS) is 1. The predicted molar refractivity (Wildman–Crippen MR) is 121 cm³/mol. The number of hydrogen-bond donors (Lipinski definition) is 3. The summed E-state index contributed by atoms with van der Waals surface area (Å²) < 4.78 is 0.629. The van der Waals surface area contributed by atoms with Crippen molar-refractivity contribution >= 4 is 51.7 Å². The van der Waals surface area contributed by atoms with E-state index in [-0.39, 0.29) is 22.2 Å². The highest BCUT2D eigenvalue weighted by atomic mass is 32.2. The van der Waals surface area contributed by atoms with Gasteiger partial charge in [0.15, 0.2) is 10.8 Å². The average molecular weight is 509 g/mol. The summed E-state index contributed by atoms with van der Waals surface area (Å²) in [4.78, 5) is 47.9. The molecule has 4 aliphatic heterocycles. The Bertz CT molecular complexity index is 1120. The first-order valence-electron chi connectivity index (χ1n) is 10.7. The Morgan fingerprint density at radius 3 is 2.76 bits per heavy atom. The number of rotatable bonds is 7. The number of aliphatic carboxylic acids is 1. The number of amides is 2. The molecular weight excluding hydrogens is 484 g/mol. The number of aromatic nitrogens is 1. The monoisotopic (exact) mass is 508 g/mol. The van der Waals surface area contributed by atoms with Crippen LogP contribution in [-0.4, -0.2) is 99.0 Å². The zero-order chi connectivity index (χ0) is 24.3. The van der Waals surface area contributed by atoms with Gasteiger partial charge in [0.1, 0.15) is 42.9 Å². The zero-order valence-corrected chi connectivity index (χ0v) is 20.0. The first-order chi connectivity index (χ1) is 16.2. The molecule has 2 bridgehead atoms. The number of β-lactam (4-membered cyclic amide) rings is 1. The number of quaternary nitrogens is 1. The third-order valence-electron chi connectivity index (χ3n) is 6.95. The molecule has 0 saturated carbocycles. The van der Waals surface area contributed by atoms with Gasteiger partial charge in [-0.1, -0.05) is 5.16 Å². The van der Waals surface area contributed by atoms with Crippen molar-refractivity contribution in [2.24, 2.45) is 5.16 Å². The lowest BCUT2D eigenvalue weighted by Crippen LogP contribution is -2.71. The van der Waals surface area contributed by atoms with Crippen LogP contribution < -0.4 is 16.2 Å².